The van der Waals surface area contributed by atoms with Gasteiger partial charge in [-0.05, 0) is 128 Å². The molecule has 0 heteroatoms. The fraction of sp³-hybridized carbons (Fsp3) is 0.871. The summed E-state index contributed by atoms with van der Waals surface area (Å²) in [6.07, 6.45) is 18.3. The quantitative estimate of drug-likeness (QED) is 0.389. The topological polar surface area (TPSA) is 0 Å². The lowest BCUT2D eigenvalue weighted by Gasteiger charge is -2.73. The van der Waals surface area contributed by atoms with Gasteiger partial charge in [-0.2, -0.15) is 0 Å². The molecule has 5 aliphatic carbocycles. The van der Waals surface area contributed by atoms with Crippen molar-refractivity contribution in [3.8, 4) is 0 Å². The van der Waals surface area contributed by atoms with E-state index >= 15 is 0 Å². The van der Waals surface area contributed by atoms with E-state index in [4.69, 9.17) is 0 Å². The first kappa shape index (κ1) is 22.3. The van der Waals surface area contributed by atoms with Crippen LogP contribution in [0.4, 0.5) is 0 Å². The Hall–Kier alpha value is -0.520. The first-order chi connectivity index (χ1) is 14.5. The molecular weight excluding hydrogens is 372 g/mol. The van der Waals surface area contributed by atoms with E-state index < -0.39 is 0 Å². The van der Waals surface area contributed by atoms with Gasteiger partial charge in [0, 0.05) is 0 Å². The van der Waals surface area contributed by atoms with Crippen molar-refractivity contribution in [3.63, 3.8) is 0 Å². The van der Waals surface area contributed by atoms with Crippen molar-refractivity contribution in [1.82, 2.24) is 0 Å². The lowest BCUT2D eigenvalue weighted by Crippen LogP contribution is -2.66. The van der Waals surface area contributed by atoms with Crippen LogP contribution in [0.2, 0.25) is 0 Å². The Morgan fingerprint density at radius 3 is 2.13 bits per heavy atom. The Morgan fingerprint density at radius 1 is 0.742 bits per heavy atom. The van der Waals surface area contributed by atoms with E-state index in [0.717, 1.165) is 29.6 Å². The van der Waals surface area contributed by atoms with E-state index in [2.05, 4.69) is 60.8 Å². The van der Waals surface area contributed by atoms with E-state index in [0.29, 0.717) is 27.1 Å². The van der Waals surface area contributed by atoms with E-state index in [1.54, 1.807) is 0 Å². The molecule has 0 nitrogen and oxygen atoms in total. The highest BCUT2D eigenvalue weighted by atomic mass is 14.7. The fourth-order valence-corrected chi connectivity index (χ4v) is 12.0. The number of allylic oxidation sites excluding steroid dienone is 2. The van der Waals surface area contributed by atoms with Crippen molar-refractivity contribution in [2.75, 3.05) is 0 Å². The summed E-state index contributed by atoms with van der Waals surface area (Å²) in [5, 5.41) is 0. The van der Waals surface area contributed by atoms with Gasteiger partial charge >= 0.3 is 0 Å². The van der Waals surface area contributed by atoms with Crippen molar-refractivity contribution in [1.29, 1.82) is 0 Å². The summed E-state index contributed by atoms with van der Waals surface area (Å²) in [7, 11) is 0. The molecule has 174 valence electrons. The maximum atomic E-state index is 4.64. The summed E-state index contributed by atoms with van der Waals surface area (Å²) in [6.45, 7) is 24.7. The smallest absolute Gasteiger partial charge is 0.00307 e. The second-order valence-electron chi connectivity index (χ2n) is 14.4. The van der Waals surface area contributed by atoms with Crippen LogP contribution in [0.25, 0.3) is 0 Å². The van der Waals surface area contributed by atoms with Gasteiger partial charge in [-0.15, -0.1) is 6.58 Å². The molecule has 5 rings (SSSR count). The van der Waals surface area contributed by atoms with Crippen molar-refractivity contribution in [3.05, 3.63) is 24.8 Å². The Balaban J connectivity index is 1.57. The standard InChI is InChI=1S/C31H50/c1-9-31-20-15-24-27(4,5)16-10-17-29(24,7)26(31)12-11-25-28(6)18-13-22(21(2)3)23(28)14-19-30(25,31)8/h9,22-26H,1-2,10-20H2,3-8H3/t22-,23+,24+,25-,26-,28+,29+,30-,31-/m1/s1. The molecule has 0 unspecified atom stereocenters. The SMILES string of the molecule is C=C[C@@]12CC[C@H]3C(C)(C)CCC[C@]3(C)[C@H]1CC[C@@H]1[C@@]3(C)CC[C@H](C(=C)C)[C@@H]3CC[C@]12C. The summed E-state index contributed by atoms with van der Waals surface area (Å²) in [5.74, 6) is 4.27. The molecule has 5 fully saturated rings. The summed E-state index contributed by atoms with van der Waals surface area (Å²) in [5.41, 5.74) is 3.78. The normalized spacial score (nSPS) is 55.4. The molecule has 5 aliphatic rings. The van der Waals surface area contributed by atoms with Crippen LogP contribution in [0.15, 0.2) is 24.8 Å². The largest absolute Gasteiger partial charge is 0.102 e. The molecule has 5 saturated carbocycles. The van der Waals surface area contributed by atoms with Crippen LogP contribution < -0.4 is 0 Å². The highest BCUT2D eigenvalue weighted by Gasteiger charge is 2.70. The van der Waals surface area contributed by atoms with Crippen LogP contribution in [0.5, 0.6) is 0 Å². The zero-order chi connectivity index (χ0) is 22.4. The summed E-state index contributed by atoms with van der Waals surface area (Å²) in [4.78, 5) is 0. The monoisotopic (exact) mass is 422 g/mol. The fourth-order valence-electron chi connectivity index (χ4n) is 12.0. The summed E-state index contributed by atoms with van der Waals surface area (Å²) in [6, 6.07) is 0. The molecule has 0 N–H and O–H groups in total. The van der Waals surface area contributed by atoms with E-state index in [1.807, 2.05) is 0 Å². The van der Waals surface area contributed by atoms with Crippen molar-refractivity contribution in [2.24, 2.45) is 56.7 Å². The highest BCUT2D eigenvalue weighted by Crippen LogP contribution is 2.78. The number of hydrogen-bond donors (Lipinski definition) is 0. The van der Waals surface area contributed by atoms with Crippen molar-refractivity contribution < 1.29 is 0 Å². The van der Waals surface area contributed by atoms with Gasteiger partial charge in [-0.1, -0.05) is 59.3 Å². The average Bonchev–Trinajstić information content (AvgIpc) is 3.04. The Kier molecular flexibility index (Phi) is 4.86. The van der Waals surface area contributed by atoms with Crippen molar-refractivity contribution in [2.45, 2.75) is 112 Å². The van der Waals surface area contributed by atoms with Gasteiger partial charge in [0.25, 0.3) is 0 Å². The Morgan fingerprint density at radius 2 is 1.45 bits per heavy atom. The van der Waals surface area contributed by atoms with Crippen LogP contribution in [0.3, 0.4) is 0 Å². The molecule has 0 aliphatic heterocycles. The van der Waals surface area contributed by atoms with Crippen LogP contribution >= 0.6 is 0 Å². The molecule has 0 amide bonds. The molecule has 0 aromatic heterocycles. The van der Waals surface area contributed by atoms with Crippen LogP contribution in [-0.2, 0) is 0 Å². The molecule has 0 aromatic carbocycles. The third kappa shape index (κ3) is 2.60. The zero-order valence-corrected chi connectivity index (χ0v) is 21.7. The molecule has 0 saturated heterocycles. The Labute approximate surface area is 193 Å². The minimum absolute atomic E-state index is 0.351. The summed E-state index contributed by atoms with van der Waals surface area (Å²) < 4.78 is 0. The van der Waals surface area contributed by atoms with Gasteiger partial charge in [-0.3, -0.25) is 0 Å². The van der Waals surface area contributed by atoms with E-state index in [1.165, 1.54) is 76.2 Å². The van der Waals surface area contributed by atoms with Crippen LogP contribution in [0, 0.1) is 56.7 Å². The lowest BCUT2D eigenvalue weighted by atomic mass is 9.31. The minimum atomic E-state index is 0.351. The van der Waals surface area contributed by atoms with Gasteiger partial charge in [-0.25, -0.2) is 0 Å². The Bertz CT molecular complexity index is 773. The van der Waals surface area contributed by atoms with Crippen LogP contribution in [0.1, 0.15) is 112 Å². The minimum Gasteiger partial charge on any atom is -0.102 e. The number of hydrogen-bond acceptors (Lipinski definition) is 0. The third-order valence-electron chi connectivity index (χ3n) is 13.2. The highest BCUT2D eigenvalue weighted by molar-refractivity contribution is 5.25. The number of rotatable bonds is 2. The van der Waals surface area contributed by atoms with Gasteiger partial charge in [0.2, 0.25) is 0 Å². The molecular formula is C31H50. The molecule has 0 radical (unpaired) electrons. The molecule has 0 bridgehead atoms. The maximum Gasteiger partial charge on any atom is -0.00307 e. The molecule has 0 heterocycles. The van der Waals surface area contributed by atoms with Crippen LogP contribution in [-0.4, -0.2) is 0 Å². The lowest BCUT2D eigenvalue weighted by molar-refractivity contribution is -0.228. The molecule has 31 heavy (non-hydrogen) atoms. The molecule has 9 atom stereocenters. The number of fused-ring (bicyclic) bond motifs is 7. The van der Waals surface area contributed by atoms with Gasteiger partial charge in [0.15, 0.2) is 0 Å². The van der Waals surface area contributed by atoms with Gasteiger partial charge < -0.3 is 0 Å². The zero-order valence-electron chi connectivity index (χ0n) is 21.7. The molecule has 0 aromatic rings. The van der Waals surface area contributed by atoms with Gasteiger partial charge in [0.1, 0.15) is 0 Å². The molecule has 0 spiro atoms. The summed E-state index contributed by atoms with van der Waals surface area (Å²) >= 11 is 0. The first-order valence-corrected chi connectivity index (χ1v) is 13.8. The third-order valence-corrected chi connectivity index (χ3v) is 13.2. The average molecular weight is 423 g/mol. The van der Waals surface area contributed by atoms with E-state index in [-0.39, 0.29) is 0 Å². The maximum absolute atomic E-state index is 4.64. The van der Waals surface area contributed by atoms with Crippen molar-refractivity contribution >= 4 is 0 Å². The van der Waals surface area contributed by atoms with E-state index in [9.17, 15) is 0 Å². The predicted octanol–water partition coefficient (Wildman–Crippen LogP) is 9.22. The van der Waals surface area contributed by atoms with Gasteiger partial charge in [0.05, 0.1) is 0 Å². The first-order valence-electron chi connectivity index (χ1n) is 13.8. The second-order valence-corrected chi connectivity index (χ2v) is 14.4. The predicted molar refractivity (Wildman–Crippen MR) is 134 cm³/mol. The second kappa shape index (κ2) is 6.76.